The smallest absolute Gasteiger partial charge is 0.255 e. The highest BCUT2D eigenvalue weighted by Crippen LogP contribution is 2.19. The van der Waals surface area contributed by atoms with E-state index in [1.54, 1.807) is 0 Å². The van der Waals surface area contributed by atoms with Crippen LogP contribution in [0, 0.1) is 17.5 Å². The van der Waals surface area contributed by atoms with Gasteiger partial charge in [-0.1, -0.05) is 24.3 Å². The van der Waals surface area contributed by atoms with Gasteiger partial charge >= 0.3 is 0 Å². The van der Waals surface area contributed by atoms with Crippen molar-refractivity contribution in [3.8, 4) is 0 Å². The molecule has 2 N–H and O–H groups in total. The molecule has 0 bridgehead atoms. The molecule has 0 unspecified atom stereocenters. The fourth-order valence-corrected chi connectivity index (χ4v) is 3.74. The van der Waals surface area contributed by atoms with Gasteiger partial charge in [-0.15, -0.1) is 0 Å². The third kappa shape index (κ3) is 5.40. The van der Waals surface area contributed by atoms with Crippen LogP contribution in [0.2, 0.25) is 0 Å². The highest BCUT2D eigenvalue weighted by Gasteiger charge is 2.16. The summed E-state index contributed by atoms with van der Waals surface area (Å²) < 4.78 is 67.1. The number of sulfonamides is 1. The van der Waals surface area contributed by atoms with E-state index < -0.39 is 39.1 Å². The number of Topliss-reactive ketones (excluding diaryl/α,β-unsaturated/α-hetero) is 1. The first-order valence-electron chi connectivity index (χ1n) is 9.22. The number of carbonyl (C=O) groups is 2. The Balaban J connectivity index is 1.65. The highest BCUT2D eigenvalue weighted by molar-refractivity contribution is 7.89. The van der Waals surface area contributed by atoms with Gasteiger partial charge in [-0.05, 0) is 36.8 Å². The van der Waals surface area contributed by atoms with Crippen molar-refractivity contribution in [3.05, 3.63) is 94.8 Å². The number of nitrogens with one attached hydrogen (secondary N) is 2. The Morgan fingerprint density at radius 2 is 1.38 bits per heavy atom. The Kier molecular flexibility index (Phi) is 6.75. The molecule has 0 heterocycles. The molecule has 6 nitrogen and oxygen atoms in total. The van der Waals surface area contributed by atoms with Gasteiger partial charge in [0.25, 0.3) is 5.91 Å². The maximum Gasteiger partial charge on any atom is 0.255 e. The third-order valence-corrected chi connectivity index (χ3v) is 5.93. The van der Waals surface area contributed by atoms with E-state index in [1.165, 1.54) is 55.5 Å². The minimum Gasteiger partial charge on any atom is -0.319 e. The third-order valence-electron chi connectivity index (χ3n) is 4.51. The van der Waals surface area contributed by atoms with E-state index in [4.69, 9.17) is 0 Å². The number of amides is 1. The van der Waals surface area contributed by atoms with Gasteiger partial charge in [0.2, 0.25) is 10.0 Å². The molecule has 3 aromatic carbocycles. The predicted octanol–water partition coefficient (Wildman–Crippen LogP) is 4.04. The summed E-state index contributed by atoms with van der Waals surface area (Å²) in [6, 6.07) is 12.1. The van der Waals surface area contributed by atoms with Crippen molar-refractivity contribution in [3.63, 3.8) is 0 Å². The normalized spacial score (nSPS) is 11.2. The lowest BCUT2D eigenvalue weighted by Gasteiger charge is -2.09. The lowest BCUT2D eigenvalue weighted by molar-refractivity contribution is 0.101. The fourth-order valence-electron chi connectivity index (χ4n) is 2.72. The molecular formula is C22H17F3N2O4S. The van der Waals surface area contributed by atoms with Crippen LogP contribution in [-0.2, 0) is 16.6 Å². The van der Waals surface area contributed by atoms with Crippen molar-refractivity contribution in [2.45, 2.75) is 18.4 Å². The van der Waals surface area contributed by atoms with Crippen LogP contribution < -0.4 is 10.0 Å². The predicted molar refractivity (Wildman–Crippen MR) is 111 cm³/mol. The number of rotatable bonds is 7. The average molecular weight is 462 g/mol. The van der Waals surface area contributed by atoms with Crippen LogP contribution in [0.3, 0.4) is 0 Å². The van der Waals surface area contributed by atoms with Crippen LogP contribution in [0.15, 0.2) is 65.6 Å². The minimum absolute atomic E-state index is 0.00736. The molecule has 1 amide bonds. The Morgan fingerprint density at radius 1 is 0.812 bits per heavy atom. The monoisotopic (exact) mass is 462 g/mol. The van der Waals surface area contributed by atoms with Crippen molar-refractivity contribution in [1.82, 2.24) is 4.72 Å². The number of anilines is 1. The molecule has 0 aliphatic rings. The zero-order valence-corrected chi connectivity index (χ0v) is 17.5. The van der Waals surface area contributed by atoms with Gasteiger partial charge in [-0.25, -0.2) is 26.3 Å². The second-order valence-electron chi connectivity index (χ2n) is 6.80. The maximum atomic E-state index is 13.7. The molecule has 0 aromatic heterocycles. The number of ketones is 1. The van der Waals surface area contributed by atoms with Crippen LogP contribution in [0.1, 0.15) is 33.2 Å². The number of hydrogen-bond acceptors (Lipinski definition) is 4. The molecule has 0 aliphatic carbocycles. The molecule has 0 radical (unpaired) electrons. The largest absolute Gasteiger partial charge is 0.319 e. The molecule has 32 heavy (non-hydrogen) atoms. The molecule has 0 fully saturated rings. The Bertz CT molecular complexity index is 1280. The van der Waals surface area contributed by atoms with Crippen molar-refractivity contribution in [2.75, 3.05) is 5.32 Å². The van der Waals surface area contributed by atoms with Crippen LogP contribution in [0.25, 0.3) is 0 Å². The van der Waals surface area contributed by atoms with E-state index in [0.717, 1.165) is 0 Å². The topological polar surface area (TPSA) is 92.3 Å². The summed E-state index contributed by atoms with van der Waals surface area (Å²) in [7, 11) is -3.83. The molecule has 3 aromatic rings. The van der Waals surface area contributed by atoms with Gasteiger partial charge in [0, 0.05) is 29.8 Å². The van der Waals surface area contributed by atoms with Crippen LogP contribution in [0.4, 0.5) is 18.9 Å². The number of halogens is 3. The highest BCUT2D eigenvalue weighted by atomic mass is 32.2. The Hall–Kier alpha value is -3.50. The van der Waals surface area contributed by atoms with Crippen LogP contribution in [-0.4, -0.2) is 20.1 Å². The van der Waals surface area contributed by atoms with Gasteiger partial charge in [0.15, 0.2) is 17.4 Å². The standard InChI is InChI=1S/C22H17F3N2O4S/c1-13(28)15-6-8-17(9-7-15)32(30,31)26-12-14-2-4-16(5-3-14)22(29)27-21-11-19(24)18(23)10-20(21)25/h2-11,26H,12H2,1H3,(H,27,29). The zero-order valence-electron chi connectivity index (χ0n) is 16.7. The van der Waals surface area contributed by atoms with Gasteiger partial charge in [0.05, 0.1) is 10.6 Å². The van der Waals surface area contributed by atoms with E-state index in [1.807, 2.05) is 0 Å². The first kappa shape index (κ1) is 23.2. The van der Waals surface area contributed by atoms with Crippen molar-refractivity contribution >= 4 is 27.4 Å². The average Bonchev–Trinajstić information content (AvgIpc) is 2.76. The first-order chi connectivity index (χ1) is 15.1. The summed E-state index contributed by atoms with van der Waals surface area (Å²) in [6.45, 7) is 1.30. The molecule has 3 rings (SSSR count). The summed E-state index contributed by atoms with van der Waals surface area (Å²) in [5, 5.41) is 2.15. The van der Waals surface area contributed by atoms with Gasteiger partial charge in [-0.3, -0.25) is 9.59 Å². The first-order valence-corrected chi connectivity index (χ1v) is 10.7. The van der Waals surface area contributed by atoms with E-state index in [-0.39, 0.29) is 22.8 Å². The van der Waals surface area contributed by atoms with E-state index in [2.05, 4.69) is 10.0 Å². The molecule has 10 heteroatoms. The quantitative estimate of drug-likeness (QED) is 0.410. The fraction of sp³-hybridized carbons (Fsp3) is 0.0909. The van der Waals surface area contributed by atoms with E-state index >= 15 is 0 Å². The molecule has 0 atom stereocenters. The van der Waals surface area contributed by atoms with Crippen molar-refractivity contribution in [2.24, 2.45) is 0 Å². The zero-order chi connectivity index (χ0) is 23.5. The number of carbonyl (C=O) groups excluding carboxylic acids is 2. The summed E-state index contributed by atoms with van der Waals surface area (Å²) in [5.74, 6) is -4.74. The molecular weight excluding hydrogens is 445 g/mol. The number of hydrogen-bond donors (Lipinski definition) is 2. The van der Waals surface area contributed by atoms with Gasteiger partial charge in [-0.2, -0.15) is 0 Å². The Morgan fingerprint density at radius 3 is 1.97 bits per heavy atom. The second kappa shape index (κ2) is 9.33. The van der Waals surface area contributed by atoms with Gasteiger partial charge < -0.3 is 5.32 Å². The minimum atomic E-state index is -3.83. The summed E-state index contributed by atoms with van der Waals surface area (Å²) in [5.41, 5.74) is 0.507. The van der Waals surface area contributed by atoms with E-state index in [0.29, 0.717) is 23.3 Å². The lowest BCUT2D eigenvalue weighted by Crippen LogP contribution is -2.23. The van der Waals surface area contributed by atoms with Crippen molar-refractivity contribution < 1.29 is 31.2 Å². The molecule has 0 saturated heterocycles. The van der Waals surface area contributed by atoms with E-state index in [9.17, 15) is 31.2 Å². The molecule has 0 spiro atoms. The van der Waals surface area contributed by atoms with Gasteiger partial charge in [0.1, 0.15) is 5.82 Å². The summed E-state index contributed by atoms with van der Waals surface area (Å²) in [4.78, 5) is 23.5. The number of benzene rings is 3. The van der Waals surface area contributed by atoms with Crippen molar-refractivity contribution in [1.29, 1.82) is 0 Å². The lowest BCUT2D eigenvalue weighted by atomic mass is 10.1. The van der Waals surface area contributed by atoms with Crippen LogP contribution >= 0.6 is 0 Å². The Labute approximate surface area is 182 Å². The molecule has 166 valence electrons. The molecule has 0 aliphatic heterocycles. The maximum absolute atomic E-state index is 13.7. The van der Waals surface area contributed by atoms with Crippen LogP contribution in [0.5, 0.6) is 0 Å². The summed E-state index contributed by atoms with van der Waals surface area (Å²) in [6.07, 6.45) is 0. The molecule has 0 saturated carbocycles. The SMILES string of the molecule is CC(=O)c1ccc(S(=O)(=O)NCc2ccc(C(=O)Nc3cc(F)c(F)cc3F)cc2)cc1. The second-order valence-corrected chi connectivity index (χ2v) is 8.57. The summed E-state index contributed by atoms with van der Waals surface area (Å²) >= 11 is 0.